The van der Waals surface area contributed by atoms with Gasteiger partial charge >= 0.3 is 6.09 Å². The van der Waals surface area contributed by atoms with Crippen LogP contribution in [0.1, 0.15) is 24.3 Å². The van der Waals surface area contributed by atoms with E-state index in [1.54, 1.807) is 0 Å². The van der Waals surface area contributed by atoms with Crippen LogP contribution >= 0.6 is 0 Å². The predicted molar refractivity (Wildman–Crippen MR) is 64.0 cm³/mol. The van der Waals surface area contributed by atoms with E-state index >= 15 is 0 Å². The number of carbonyl (C=O) groups is 1. The summed E-state index contributed by atoms with van der Waals surface area (Å²) in [7, 11) is 0. The standard InChI is InChI=1S/C13H17NO3/c15-9-12-8-11(6-7-14(12)13(16)17)10-4-2-1-3-5-10/h1-5,11-12,15H,6-9H2,(H,16,17). The van der Waals surface area contributed by atoms with Gasteiger partial charge in [0.2, 0.25) is 0 Å². The first-order valence-electron chi connectivity index (χ1n) is 5.87. The number of aliphatic hydroxyl groups is 1. The van der Waals surface area contributed by atoms with Crippen molar-refractivity contribution in [1.29, 1.82) is 0 Å². The van der Waals surface area contributed by atoms with Crippen molar-refractivity contribution in [3.05, 3.63) is 35.9 Å². The van der Waals surface area contributed by atoms with Gasteiger partial charge in [-0.3, -0.25) is 0 Å². The molecule has 1 aromatic carbocycles. The monoisotopic (exact) mass is 235 g/mol. The molecule has 0 radical (unpaired) electrons. The molecule has 1 saturated heterocycles. The number of hydrogen-bond acceptors (Lipinski definition) is 2. The minimum atomic E-state index is -0.935. The zero-order valence-electron chi connectivity index (χ0n) is 9.62. The SMILES string of the molecule is O=C(O)N1CCC(c2ccccc2)CC1CO. The van der Waals surface area contributed by atoms with Crippen LogP contribution in [0.5, 0.6) is 0 Å². The van der Waals surface area contributed by atoms with Crippen molar-refractivity contribution in [2.75, 3.05) is 13.2 Å². The molecule has 1 fully saturated rings. The van der Waals surface area contributed by atoms with Crippen molar-refractivity contribution in [3.63, 3.8) is 0 Å². The number of hydrogen-bond donors (Lipinski definition) is 2. The number of piperidine rings is 1. The minimum absolute atomic E-state index is 0.102. The average Bonchev–Trinajstić information content (AvgIpc) is 2.39. The molecule has 2 rings (SSSR count). The van der Waals surface area contributed by atoms with Crippen LogP contribution in [-0.2, 0) is 0 Å². The molecule has 1 aliphatic rings. The van der Waals surface area contributed by atoms with Crippen LogP contribution in [0.4, 0.5) is 4.79 Å². The van der Waals surface area contributed by atoms with E-state index in [2.05, 4.69) is 12.1 Å². The van der Waals surface area contributed by atoms with Gasteiger partial charge in [-0.1, -0.05) is 30.3 Å². The van der Waals surface area contributed by atoms with E-state index in [0.29, 0.717) is 18.9 Å². The summed E-state index contributed by atoms with van der Waals surface area (Å²) in [5, 5.41) is 18.3. The summed E-state index contributed by atoms with van der Waals surface area (Å²) in [6.07, 6.45) is 0.593. The summed E-state index contributed by atoms with van der Waals surface area (Å²) in [5.74, 6) is 0.351. The molecule has 0 bridgehead atoms. The third-order valence-electron chi connectivity index (χ3n) is 3.44. The van der Waals surface area contributed by atoms with Crippen molar-refractivity contribution >= 4 is 6.09 Å². The Kier molecular flexibility index (Phi) is 3.64. The van der Waals surface area contributed by atoms with Crippen molar-refractivity contribution in [1.82, 2.24) is 4.90 Å². The molecule has 0 aliphatic carbocycles. The summed E-state index contributed by atoms with van der Waals surface area (Å²) >= 11 is 0. The molecule has 1 aliphatic heterocycles. The van der Waals surface area contributed by atoms with Gasteiger partial charge in [-0.15, -0.1) is 0 Å². The predicted octanol–water partition coefficient (Wildman–Crippen LogP) is 1.90. The molecule has 0 aromatic heterocycles. The molecule has 1 aromatic rings. The highest BCUT2D eigenvalue weighted by atomic mass is 16.4. The Hall–Kier alpha value is -1.55. The van der Waals surface area contributed by atoms with Crippen molar-refractivity contribution in [3.8, 4) is 0 Å². The summed E-state index contributed by atoms with van der Waals surface area (Å²) in [6, 6.07) is 9.82. The van der Waals surface area contributed by atoms with Crippen LogP contribution in [0.25, 0.3) is 0 Å². The zero-order chi connectivity index (χ0) is 12.3. The molecular weight excluding hydrogens is 218 g/mol. The van der Waals surface area contributed by atoms with Gasteiger partial charge in [-0.25, -0.2) is 4.79 Å². The second kappa shape index (κ2) is 5.19. The molecule has 92 valence electrons. The van der Waals surface area contributed by atoms with Crippen LogP contribution < -0.4 is 0 Å². The van der Waals surface area contributed by atoms with Crippen LogP contribution in [0.3, 0.4) is 0 Å². The first-order valence-corrected chi connectivity index (χ1v) is 5.87. The maximum atomic E-state index is 11.0. The van der Waals surface area contributed by atoms with E-state index in [9.17, 15) is 9.90 Å². The Labute approximate surface area is 100 Å². The topological polar surface area (TPSA) is 60.8 Å². The highest BCUT2D eigenvalue weighted by Gasteiger charge is 2.31. The third kappa shape index (κ3) is 2.58. The number of amides is 1. The number of likely N-dealkylation sites (tertiary alicyclic amines) is 1. The Bertz CT molecular complexity index is 380. The fourth-order valence-electron chi connectivity index (χ4n) is 2.50. The lowest BCUT2D eigenvalue weighted by Gasteiger charge is -2.37. The summed E-state index contributed by atoms with van der Waals surface area (Å²) in [6.45, 7) is 0.399. The van der Waals surface area contributed by atoms with E-state index < -0.39 is 6.09 Å². The Morgan fingerprint density at radius 2 is 2.06 bits per heavy atom. The van der Waals surface area contributed by atoms with E-state index in [4.69, 9.17) is 5.11 Å². The van der Waals surface area contributed by atoms with E-state index in [1.165, 1.54) is 10.5 Å². The summed E-state index contributed by atoms with van der Waals surface area (Å²) in [5.41, 5.74) is 1.23. The van der Waals surface area contributed by atoms with E-state index in [-0.39, 0.29) is 12.6 Å². The number of nitrogens with zero attached hydrogens (tertiary/aromatic N) is 1. The highest BCUT2D eigenvalue weighted by Crippen LogP contribution is 2.31. The fraction of sp³-hybridized carbons (Fsp3) is 0.462. The molecule has 0 saturated carbocycles. The quantitative estimate of drug-likeness (QED) is 0.823. The molecular formula is C13H17NO3. The zero-order valence-corrected chi connectivity index (χ0v) is 9.62. The van der Waals surface area contributed by atoms with Crippen molar-refractivity contribution in [2.45, 2.75) is 24.8 Å². The number of rotatable bonds is 2. The maximum absolute atomic E-state index is 11.0. The second-order valence-corrected chi connectivity index (χ2v) is 4.44. The molecule has 2 unspecified atom stereocenters. The van der Waals surface area contributed by atoms with Crippen LogP contribution in [-0.4, -0.2) is 40.4 Å². The Morgan fingerprint density at radius 1 is 1.35 bits per heavy atom. The molecule has 4 heteroatoms. The van der Waals surface area contributed by atoms with E-state index in [1.807, 2.05) is 18.2 Å². The maximum Gasteiger partial charge on any atom is 0.407 e. The summed E-state index contributed by atoms with van der Waals surface area (Å²) in [4.78, 5) is 12.3. The Morgan fingerprint density at radius 3 is 2.65 bits per heavy atom. The smallest absolute Gasteiger partial charge is 0.407 e. The lowest BCUT2D eigenvalue weighted by molar-refractivity contribution is 0.0717. The summed E-state index contributed by atoms with van der Waals surface area (Å²) < 4.78 is 0. The van der Waals surface area contributed by atoms with Crippen LogP contribution in [0, 0.1) is 0 Å². The second-order valence-electron chi connectivity index (χ2n) is 4.44. The Balaban J connectivity index is 2.09. The van der Waals surface area contributed by atoms with Crippen LogP contribution in [0.15, 0.2) is 30.3 Å². The third-order valence-corrected chi connectivity index (χ3v) is 3.44. The highest BCUT2D eigenvalue weighted by molar-refractivity contribution is 5.65. The van der Waals surface area contributed by atoms with Gasteiger partial charge in [0, 0.05) is 6.54 Å². The molecule has 1 heterocycles. The molecule has 1 amide bonds. The fourth-order valence-corrected chi connectivity index (χ4v) is 2.50. The van der Waals surface area contributed by atoms with Gasteiger partial charge in [-0.05, 0) is 24.3 Å². The molecule has 17 heavy (non-hydrogen) atoms. The molecule has 2 N–H and O–H groups in total. The van der Waals surface area contributed by atoms with Gasteiger partial charge in [0.05, 0.1) is 12.6 Å². The van der Waals surface area contributed by atoms with Gasteiger partial charge in [0.25, 0.3) is 0 Å². The average molecular weight is 235 g/mol. The lowest BCUT2D eigenvalue weighted by atomic mass is 9.86. The van der Waals surface area contributed by atoms with Gasteiger partial charge in [-0.2, -0.15) is 0 Å². The normalized spacial score (nSPS) is 24.6. The number of carboxylic acid groups (broad SMARTS) is 1. The number of benzene rings is 1. The molecule has 2 atom stereocenters. The lowest BCUT2D eigenvalue weighted by Crippen LogP contribution is -2.46. The van der Waals surface area contributed by atoms with Gasteiger partial charge in [0.15, 0.2) is 0 Å². The van der Waals surface area contributed by atoms with Crippen molar-refractivity contribution in [2.24, 2.45) is 0 Å². The van der Waals surface area contributed by atoms with E-state index in [0.717, 1.165) is 6.42 Å². The number of aliphatic hydroxyl groups excluding tert-OH is 1. The van der Waals surface area contributed by atoms with Crippen molar-refractivity contribution < 1.29 is 15.0 Å². The van der Waals surface area contributed by atoms with Gasteiger partial charge < -0.3 is 15.1 Å². The minimum Gasteiger partial charge on any atom is -0.465 e. The van der Waals surface area contributed by atoms with Crippen LogP contribution in [0.2, 0.25) is 0 Å². The first kappa shape index (κ1) is 11.9. The molecule has 4 nitrogen and oxygen atoms in total. The molecule has 0 spiro atoms. The largest absolute Gasteiger partial charge is 0.465 e. The van der Waals surface area contributed by atoms with Gasteiger partial charge in [0.1, 0.15) is 0 Å². The first-order chi connectivity index (χ1) is 8.22.